The summed E-state index contributed by atoms with van der Waals surface area (Å²) in [5.41, 5.74) is 2.12. The third kappa shape index (κ3) is 6.29. The minimum atomic E-state index is -0.541. The molecule has 3 aromatic rings. The maximum Gasteiger partial charge on any atom is 0.414 e. The lowest BCUT2D eigenvalue weighted by Gasteiger charge is -2.24. The van der Waals surface area contributed by atoms with Crippen LogP contribution < -0.4 is 9.64 Å². The van der Waals surface area contributed by atoms with Gasteiger partial charge < -0.3 is 14.2 Å². The fourth-order valence-corrected chi connectivity index (χ4v) is 4.09. The van der Waals surface area contributed by atoms with Gasteiger partial charge in [-0.05, 0) is 78.7 Å². The monoisotopic (exact) mass is 504 g/mol. The van der Waals surface area contributed by atoms with E-state index >= 15 is 0 Å². The molecular formula is C23H25BrN2O4S. The molecule has 3 rings (SSSR count). The molecule has 0 saturated heterocycles. The molecule has 0 unspecified atom stereocenters. The number of fused-ring (bicyclic) bond motifs is 1. The van der Waals surface area contributed by atoms with Crippen molar-refractivity contribution in [3.63, 3.8) is 0 Å². The van der Waals surface area contributed by atoms with E-state index in [0.717, 1.165) is 36.7 Å². The van der Waals surface area contributed by atoms with Crippen LogP contribution in [0.3, 0.4) is 0 Å². The Morgan fingerprint density at radius 1 is 1.19 bits per heavy atom. The maximum absolute atomic E-state index is 12.3. The van der Waals surface area contributed by atoms with Crippen molar-refractivity contribution < 1.29 is 19.0 Å². The van der Waals surface area contributed by atoms with Gasteiger partial charge in [-0.3, -0.25) is 4.90 Å². The fraction of sp³-hybridized carbons (Fsp3) is 0.304. The number of carbonyl (C=O) groups excluding carboxylic acids is 1. The van der Waals surface area contributed by atoms with E-state index in [1.165, 1.54) is 4.90 Å². The zero-order chi connectivity index (χ0) is 22.6. The number of methoxy groups -OCH3 is 1. The highest BCUT2D eigenvalue weighted by atomic mass is 79.9. The van der Waals surface area contributed by atoms with Crippen molar-refractivity contribution in [1.82, 2.24) is 4.98 Å². The van der Waals surface area contributed by atoms with Crippen LogP contribution in [0.5, 0.6) is 5.75 Å². The van der Waals surface area contributed by atoms with Gasteiger partial charge in [0.1, 0.15) is 16.4 Å². The Bertz CT molecular complexity index is 1100. The standard InChI is InChI=1S/C23H25BrN2O4S/c1-23(2,3)30-22(27)26(4)16-8-9-18-20(13-16)31-21(25-18)11-7-15-6-10-19(17(24)12-15)29-14-28-5/h6-13H,14H2,1-5H3/b11-7+. The maximum atomic E-state index is 12.3. The Morgan fingerprint density at radius 2 is 1.97 bits per heavy atom. The van der Waals surface area contributed by atoms with E-state index in [-0.39, 0.29) is 12.9 Å². The van der Waals surface area contributed by atoms with Gasteiger partial charge in [0.05, 0.1) is 14.7 Å². The molecule has 0 aliphatic carbocycles. The number of benzene rings is 2. The summed E-state index contributed by atoms with van der Waals surface area (Å²) in [5, 5.41) is 0.878. The van der Waals surface area contributed by atoms with Crippen molar-refractivity contribution in [3.05, 3.63) is 51.4 Å². The lowest BCUT2D eigenvalue weighted by atomic mass is 10.2. The minimum Gasteiger partial charge on any atom is -0.466 e. The third-order valence-electron chi connectivity index (χ3n) is 4.15. The lowest BCUT2D eigenvalue weighted by Crippen LogP contribution is -2.34. The molecule has 0 radical (unpaired) electrons. The zero-order valence-corrected chi connectivity index (χ0v) is 20.5. The minimum absolute atomic E-state index is 0.199. The fourth-order valence-electron chi connectivity index (χ4n) is 2.67. The predicted molar refractivity (Wildman–Crippen MR) is 130 cm³/mol. The summed E-state index contributed by atoms with van der Waals surface area (Å²) >= 11 is 5.07. The van der Waals surface area contributed by atoms with Crippen LogP contribution in [0.1, 0.15) is 31.3 Å². The summed E-state index contributed by atoms with van der Waals surface area (Å²) in [4.78, 5) is 18.5. The molecule has 0 fully saturated rings. The average molecular weight is 505 g/mol. The van der Waals surface area contributed by atoms with E-state index in [0.29, 0.717) is 0 Å². The van der Waals surface area contributed by atoms with Gasteiger partial charge in [0.2, 0.25) is 0 Å². The van der Waals surface area contributed by atoms with E-state index in [1.807, 2.05) is 69.3 Å². The molecule has 2 aromatic carbocycles. The van der Waals surface area contributed by atoms with Crippen molar-refractivity contribution in [1.29, 1.82) is 0 Å². The molecule has 0 atom stereocenters. The van der Waals surface area contributed by atoms with Crippen LogP contribution >= 0.6 is 27.3 Å². The SMILES string of the molecule is COCOc1ccc(/C=C/c2nc3ccc(N(C)C(=O)OC(C)(C)C)cc3s2)cc1Br. The second-order valence-electron chi connectivity index (χ2n) is 7.82. The van der Waals surface area contributed by atoms with Gasteiger partial charge in [0.15, 0.2) is 6.79 Å². The zero-order valence-electron chi connectivity index (χ0n) is 18.1. The summed E-state index contributed by atoms with van der Waals surface area (Å²) in [6.45, 7) is 5.75. The number of carbonyl (C=O) groups is 1. The molecule has 0 saturated carbocycles. The van der Waals surface area contributed by atoms with E-state index in [4.69, 9.17) is 14.2 Å². The first kappa shape index (κ1) is 23.2. The molecule has 0 bridgehead atoms. The first-order valence-corrected chi connectivity index (χ1v) is 11.2. The third-order valence-corrected chi connectivity index (χ3v) is 5.75. The van der Waals surface area contributed by atoms with Crippen LogP contribution in [0.2, 0.25) is 0 Å². The van der Waals surface area contributed by atoms with E-state index in [9.17, 15) is 4.79 Å². The number of amides is 1. The highest BCUT2D eigenvalue weighted by Crippen LogP contribution is 2.30. The lowest BCUT2D eigenvalue weighted by molar-refractivity contribution is 0.0505. The van der Waals surface area contributed by atoms with Crippen LogP contribution in [-0.4, -0.2) is 37.6 Å². The number of halogens is 1. The van der Waals surface area contributed by atoms with E-state index in [1.54, 1.807) is 25.5 Å². The average Bonchev–Trinajstić information content (AvgIpc) is 3.11. The van der Waals surface area contributed by atoms with E-state index in [2.05, 4.69) is 20.9 Å². The summed E-state index contributed by atoms with van der Waals surface area (Å²) in [6, 6.07) is 11.6. The highest BCUT2D eigenvalue weighted by Gasteiger charge is 2.21. The Labute approximate surface area is 194 Å². The topological polar surface area (TPSA) is 60.9 Å². The highest BCUT2D eigenvalue weighted by molar-refractivity contribution is 9.10. The van der Waals surface area contributed by atoms with Crippen molar-refractivity contribution in [3.8, 4) is 5.75 Å². The van der Waals surface area contributed by atoms with Gasteiger partial charge in [-0.25, -0.2) is 9.78 Å². The van der Waals surface area contributed by atoms with Crippen LogP contribution in [0.15, 0.2) is 40.9 Å². The van der Waals surface area contributed by atoms with Gasteiger partial charge in [-0.2, -0.15) is 0 Å². The largest absolute Gasteiger partial charge is 0.466 e. The van der Waals surface area contributed by atoms with Crippen molar-refractivity contribution in [2.24, 2.45) is 0 Å². The molecule has 31 heavy (non-hydrogen) atoms. The molecule has 164 valence electrons. The first-order chi connectivity index (χ1) is 14.7. The molecule has 0 spiro atoms. The van der Waals surface area contributed by atoms with Gasteiger partial charge in [0.25, 0.3) is 0 Å². The van der Waals surface area contributed by atoms with Crippen molar-refractivity contribution in [2.45, 2.75) is 26.4 Å². The number of hydrogen-bond donors (Lipinski definition) is 0. The van der Waals surface area contributed by atoms with Crippen LogP contribution in [0.25, 0.3) is 22.4 Å². The molecule has 1 heterocycles. The van der Waals surface area contributed by atoms with Gasteiger partial charge in [-0.15, -0.1) is 11.3 Å². The van der Waals surface area contributed by atoms with Crippen molar-refractivity contribution >= 4 is 61.4 Å². The molecule has 0 aliphatic rings. The van der Waals surface area contributed by atoms with Gasteiger partial charge in [-0.1, -0.05) is 12.1 Å². The molecule has 0 aliphatic heterocycles. The number of anilines is 1. The van der Waals surface area contributed by atoms with Gasteiger partial charge >= 0.3 is 6.09 Å². The molecule has 0 N–H and O–H groups in total. The van der Waals surface area contributed by atoms with Crippen molar-refractivity contribution in [2.75, 3.05) is 25.9 Å². The quantitative estimate of drug-likeness (QED) is 0.354. The Morgan fingerprint density at radius 3 is 2.65 bits per heavy atom. The summed E-state index contributed by atoms with van der Waals surface area (Å²) in [5.74, 6) is 0.723. The second-order valence-corrected chi connectivity index (χ2v) is 9.73. The summed E-state index contributed by atoms with van der Waals surface area (Å²) in [7, 11) is 3.29. The number of rotatable bonds is 6. The smallest absolute Gasteiger partial charge is 0.414 e. The first-order valence-electron chi connectivity index (χ1n) is 9.63. The Hall–Kier alpha value is -2.42. The molecule has 1 amide bonds. The normalized spacial score (nSPS) is 11.8. The molecule has 8 heteroatoms. The number of thiazole rings is 1. The number of hydrogen-bond acceptors (Lipinski definition) is 6. The van der Waals surface area contributed by atoms with Crippen LogP contribution in [-0.2, 0) is 9.47 Å². The summed E-state index contributed by atoms with van der Waals surface area (Å²) < 4.78 is 17.7. The molecule has 1 aromatic heterocycles. The van der Waals surface area contributed by atoms with Gasteiger partial charge in [0, 0.05) is 19.8 Å². The number of aromatic nitrogens is 1. The van der Waals surface area contributed by atoms with Crippen LogP contribution in [0, 0.1) is 0 Å². The molecular weight excluding hydrogens is 480 g/mol. The Kier molecular flexibility index (Phi) is 7.35. The number of ether oxygens (including phenoxy) is 3. The molecule has 6 nitrogen and oxygen atoms in total. The number of nitrogens with zero attached hydrogens (tertiary/aromatic N) is 2. The predicted octanol–water partition coefficient (Wildman–Crippen LogP) is 6.58. The van der Waals surface area contributed by atoms with Crippen LogP contribution in [0.4, 0.5) is 10.5 Å². The summed E-state index contributed by atoms with van der Waals surface area (Å²) in [6.07, 6.45) is 3.58. The second kappa shape index (κ2) is 9.80. The van der Waals surface area contributed by atoms with E-state index < -0.39 is 5.60 Å². The Balaban J connectivity index is 1.76.